The highest BCUT2D eigenvalue weighted by Crippen LogP contribution is 2.45. The zero-order valence-electron chi connectivity index (χ0n) is 59.1. The number of phosphoric acid groups is 2. The Hall–Kier alpha value is -1.94. The summed E-state index contributed by atoms with van der Waals surface area (Å²) >= 11 is 0. The first-order valence-electron chi connectivity index (χ1n) is 37.5. The third-order valence-electron chi connectivity index (χ3n) is 16.7. The third-order valence-corrected chi connectivity index (χ3v) is 18.6. The number of rotatable bonds is 71. The lowest BCUT2D eigenvalue weighted by atomic mass is 10.0. The van der Waals surface area contributed by atoms with Crippen LogP contribution < -0.4 is 0 Å². The van der Waals surface area contributed by atoms with Gasteiger partial charge in [-0.3, -0.25) is 37.3 Å². The van der Waals surface area contributed by atoms with Gasteiger partial charge in [-0.25, -0.2) is 9.13 Å². The number of hydrogen-bond donors (Lipinski definition) is 3. The minimum atomic E-state index is -4.95. The molecule has 0 bridgehead atoms. The van der Waals surface area contributed by atoms with E-state index in [-0.39, 0.29) is 25.7 Å². The molecule has 91 heavy (non-hydrogen) atoms. The maximum atomic E-state index is 13.0. The number of carbonyl (C=O) groups is 4. The highest BCUT2D eigenvalue weighted by molar-refractivity contribution is 7.47. The molecule has 0 saturated heterocycles. The fourth-order valence-corrected chi connectivity index (χ4v) is 12.5. The first-order chi connectivity index (χ1) is 43.9. The predicted octanol–water partition coefficient (Wildman–Crippen LogP) is 20.8. The van der Waals surface area contributed by atoms with Crippen molar-refractivity contribution in [1.29, 1.82) is 0 Å². The Morgan fingerprint density at radius 2 is 0.505 bits per heavy atom. The van der Waals surface area contributed by atoms with Gasteiger partial charge in [0.2, 0.25) is 0 Å². The number of hydrogen-bond acceptors (Lipinski definition) is 15. The van der Waals surface area contributed by atoms with E-state index in [9.17, 15) is 43.2 Å². The molecule has 0 aliphatic carbocycles. The molecule has 0 aromatic rings. The number of esters is 4. The van der Waals surface area contributed by atoms with E-state index in [0.29, 0.717) is 25.7 Å². The van der Waals surface area contributed by atoms with Crippen LogP contribution in [-0.2, 0) is 65.4 Å². The number of ether oxygens (including phenoxy) is 4. The minimum Gasteiger partial charge on any atom is -0.462 e. The van der Waals surface area contributed by atoms with Gasteiger partial charge in [-0.1, -0.05) is 318 Å². The average molecular weight is 1340 g/mol. The molecule has 0 fully saturated rings. The molecule has 0 aromatic heterocycles. The van der Waals surface area contributed by atoms with E-state index in [0.717, 1.165) is 102 Å². The Kier molecular flexibility index (Phi) is 62.7. The van der Waals surface area contributed by atoms with Crippen LogP contribution in [0.1, 0.15) is 369 Å². The van der Waals surface area contributed by atoms with Crippen LogP contribution in [0.2, 0.25) is 0 Å². The summed E-state index contributed by atoms with van der Waals surface area (Å²) in [6.45, 7) is 9.52. The topological polar surface area (TPSA) is 237 Å². The molecule has 3 N–H and O–H groups in total. The molecule has 0 aromatic carbocycles. The summed E-state index contributed by atoms with van der Waals surface area (Å²) < 4.78 is 68.4. The van der Waals surface area contributed by atoms with Crippen LogP contribution in [0.25, 0.3) is 0 Å². The lowest BCUT2D eigenvalue weighted by Gasteiger charge is -2.21. The number of carbonyl (C=O) groups excluding carboxylic acids is 4. The van der Waals surface area contributed by atoms with Crippen LogP contribution in [0.4, 0.5) is 0 Å². The Labute approximate surface area is 556 Å². The van der Waals surface area contributed by atoms with Crippen molar-refractivity contribution in [3.05, 3.63) is 0 Å². The highest BCUT2D eigenvalue weighted by Gasteiger charge is 2.30. The fourth-order valence-electron chi connectivity index (χ4n) is 10.9. The molecule has 0 heterocycles. The molecule has 540 valence electrons. The molecule has 0 saturated carbocycles. The van der Waals surface area contributed by atoms with Crippen molar-refractivity contribution in [1.82, 2.24) is 0 Å². The summed E-state index contributed by atoms with van der Waals surface area (Å²) in [5, 5.41) is 10.6. The molecule has 17 nitrogen and oxygen atoms in total. The predicted molar refractivity (Wildman–Crippen MR) is 368 cm³/mol. The third kappa shape index (κ3) is 66.5. The lowest BCUT2D eigenvalue weighted by molar-refractivity contribution is -0.161. The smallest absolute Gasteiger partial charge is 0.462 e. The van der Waals surface area contributed by atoms with Gasteiger partial charge in [-0.15, -0.1) is 0 Å². The minimum absolute atomic E-state index is 0.105. The number of phosphoric ester groups is 2. The van der Waals surface area contributed by atoms with Gasteiger partial charge in [0.1, 0.15) is 19.3 Å². The Morgan fingerprint density at radius 3 is 0.747 bits per heavy atom. The molecule has 0 spiro atoms. The van der Waals surface area contributed by atoms with E-state index in [4.69, 9.17) is 37.0 Å². The molecule has 19 heteroatoms. The van der Waals surface area contributed by atoms with Crippen molar-refractivity contribution in [3.8, 4) is 0 Å². The van der Waals surface area contributed by atoms with Crippen molar-refractivity contribution in [3.63, 3.8) is 0 Å². The van der Waals surface area contributed by atoms with Gasteiger partial charge in [-0.2, -0.15) is 0 Å². The zero-order valence-corrected chi connectivity index (χ0v) is 60.9. The van der Waals surface area contributed by atoms with Crippen molar-refractivity contribution >= 4 is 39.5 Å². The normalized spacial score (nSPS) is 14.1. The largest absolute Gasteiger partial charge is 0.472 e. The van der Waals surface area contributed by atoms with Gasteiger partial charge >= 0.3 is 39.5 Å². The van der Waals surface area contributed by atoms with Crippen molar-refractivity contribution in [2.45, 2.75) is 387 Å². The summed E-state index contributed by atoms with van der Waals surface area (Å²) in [6.07, 6.45) is 49.9. The molecular formula is C72H140O17P2. The van der Waals surface area contributed by atoms with Crippen molar-refractivity contribution in [2.75, 3.05) is 39.6 Å². The molecular weight excluding hydrogens is 1200 g/mol. The number of unbranched alkanes of at least 4 members (excludes halogenated alkanes) is 41. The summed E-state index contributed by atoms with van der Waals surface area (Å²) in [5.41, 5.74) is 0. The second-order valence-electron chi connectivity index (χ2n) is 26.9. The van der Waals surface area contributed by atoms with E-state index in [1.165, 1.54) is 186 Å². The first-order valence-corrected chi connectivity index (χ1v) is 40.5. The van der Waals surface area contributed by atoms with E-state index >= 15 is 0 Å². The van der Waals surface area contributed by atoms with Crippen LogP contribution in [-0.4, -0.2) is 96.7 Å². The van der Waals surface area contributed by atoms with E-state index in [1.807, 2.05) is 0 Å². The molecule has 5 atom stereocenters. The van der Waals surface area contributed by atoms with Crippen molar-refractivity contribution < 1.29 is 80.2 Å². The number of aliphatic hydroxyl groups excluding tert-OH is 1. The summed E-state index contributed by atoms with van der Waals surface area (Å²) in [7, 11) is -9.90. The second kappa shape index (κ2) is 64.1. The summed E-state index contributed by atoms with van der Waals surface area (Å²) in [4.78, 5) is 72.6. The Bertz CT molecular complexity index is 1770. The van der Waals surface area contributed by atoms with Crippen LogP contribution in [0.15, 0.2) is 0 Å². The molecule has 0 amide bonds. The van der Waals surface area contributed by atoms with Crippen LogP contribution in [0.5, 0.6) is 0 Å². The van der Waals surface area contributed by atoms with Gasteiger partial charge in [0, 0.05) is 25.7 Å². The van der Waals surface area contributed by atoms with Crippen LogP contribution >= 0.6 is 15.6 Å². The van der Waals surface area contributed by atoms with E-state index < -0.39 is 97.5 Å². The van der Waals surface area contributed by atoms with E-state index in [2.05, 4.69) is 41.5 Å². The summed E-state index contributed by atoms with van der Waals surface area (Å²) in [5.74, 6) is -0.632. The van der Waals surface area contributed by atoms with Gasteiger partial charge in [0.25, 0.3) is 0 Å². The molecule has 0 aliphatic rings. The van der Waals surface area contributed by atoms with Crippen molar-refractivity contribution in [2.24, 2.45) is 11.8 Å². The van der Waals surface area contributed by atoms with E-state index in [1.54, 1.807) is 0 Å². The van der Waals surface area contributed by atoms with Gasteiger partial charge in [-0.05, 0) is 37.5 Å². The fraction of sp³-hybridized carbons (Fsp3) is 0.944. The maximum absolute atomic E-state index is 13.0. The zero-order chi connectivity index (χ0) is 67.2. The van der Waals surface area contributed by atoms with Gasteiger partial charge < -0.3 is 33.8 Å². The molecule has 0 aliphatic heterocycles. The molecule has 0 radical (unpaired) electrons. The van der Waals surface area contributed by atoms with Crippen LogP contribution in [0.3, 0.4) is 0 Å². The first kappa shape index (κ1) is 89.1. The van der Waals surface area contributed by atoms with Gasteiger partial charge in [0.15, 0.2) is 12.2 Å². The monoisotopic (exact) mass is 1340 g/mol. The SMILES string of the molecule is CCCCCCCCCCCCCCCCCCC(=O)O[C@H](COC(=O)CCCCCCCCCCCCCC(C)C)COP(=O)(O)OC[C@@H](O)COP(=O)(O)OC[C@@H](COC(=O)CCCCCCCCCCCC)OC(=O)CCCCCCCCCCC(C)C. The Balaban J connectivity index is 5.24. The second-order valence-corrected chi connectivity index (χ2v) is 29.8. The lowest BCUT2D eigenvalue weighted by Crippen LogP contribution is -2.30. The number of aliphatic hydroxyl groups is 1. The Morgan fingerprint density at radius 1 is 0.297 bits per heavy atom. The standard InChI is InChI=1S/C72H140O17P2/c1-7-9-11-13-15-17-19-20-21-22-23-26-31-38-44-50-56-71(76)88-67(60-83-70(75)55-49-43-37-30-27-24-25-28-34-40-46-52-64(3)4)62-86-90(78,79)84-58-66(73)59-85-91(80,81)87-63-68(61-82-69(74)54-48-42-36-29-18-16-14-12-10-8-2)89-72(77)57-51-45-39-33-32-35-41-47-53-65(5)6/h64-68,73H,7-63H2,1-6H3,(H,78,79)(H,80,81)/t66-,67-,68-/m1/s1. The molecule has 2 unspecified atom stereocenters. The highest BCUT2D eigenvalue weighted by atomic mass is 31.2. The van der Waals surface area contributed by atoms with Gasteiger partial charge in [0.05, 0.1) is 26.4 Å². The quantitative estimate of drug-likeness (QED) is 0.0222. The maximum Gasteiger partial charge on any atom is 0.472 e. The molecule has 0 rings (SSSR count). The van der Waals surface area contributed by atoms with Crippen LogP contribution in [0, 0.1) is 11.8 Å². The average Bonchev–Trinajstić information content (AvgIpc) is 3.65. The summed E-state index contributed by atoms with van der Waals surface area (Å²) in [6, 6.07) is 0.